The van der Waals surface area contributed by atoms with E-state index < -0.39 is 0 Å². The van der Waals surface area contributed by atoms with E-state index in [4.69, 9.17) is 0 Å². The molecule has 2 heterocycles. The van der Waals surface area contributed by atoms with E-state index in [1.165, 1.54) is 6.33 Å². The zero-order chi connectivity index (χ0) is 15.4. The van der Waals surface area contributed by atoms with Gasteiger partial charge < -0.3 is 9.47 Å². The molecular weight excluding hydrogens is 280 g/mol. The average Bonchev–Trinajstić information content (AvgIpc) is 3.21. The lowest BCUT2D eigenvalue weighted by atomic mass is 10.1. The number of nitrogens with zero attached hydrogens (tertiary/aromatic N) is 5. The third-order valence-corrected chi connectivity index (χ3v) is 3.32. The highest BCUT2D eigenvalue weighted by molar-refractivity contribution is 5.94. The predicted octanol–water partition coefficient (Wildman–Crippen LogP) is 1.32. The Bertz CT molecular complexity index is 718. The summed E-state index contributed by atoms with van der Waals surface area (Å²) in [7, 11) is 1.74. The van der Waals surface area contributed by atoms with Crippen molar-refractivity contribution in [2.24, 2.45) is 0 Å². The Labute approximate surface area is 127 Å². The topological polar surface area (TPSA) is 79.7 Å². The molecule has 0 saturated heterocycles. The third kappa shape index (κ3) is 3.20. The van der Waals surface area contributed by atoms with Gasteiger partial charge in [0.1, 0.15) is 12.2 Å². The number of nitrogens with one attached hydrogen (secondary N) is 1. The molecule has 0 aliphatic carbocycles. The van der Waals surface area contributed by atoms with Crippen molar-refractivity contribution in [1.29, 1.82) is 0 Å². The number of carbonyl (C=O) groups excluding carboxylic acids is 1. The molecule has 7 heteroatoms. The summed E-state index contributed by atoms with van der Waals surface area (Å²) in [6.07, 6.45) is 6.85. The van der Waals surface area contributed by atoms with E-state index >= 15 is 0 Å². The molecule has 0 atom stereocenters. The fraction of sp³-hybridized carbons (Fsp3) is 0.200. The van der Waals surface area contributed by atoms with Crippen LogP contribution in [0.15, 0.2) is 49.3 Å². The van der Waals surface area contributed by atoms with Crippen LogP contribution in [0.25, 0.3) is 0 Å². The van der Waals surface area contributed by atoms with Crippen LogP contribution in [0, 0.1) is 0 Å². The molecule has 112 valence electrons. The maximum absolute atomic E-state index is 12.3. The molecular formula is C15H16N6O. The van der Waals surface area contributed by atoms with Crippen molar-refractivity contribution in [3.05, 3.63) is 66.3 Å². The second kappa shape index (κ2) is 6.21. The molecule has 22 heavy (non-hydrogen) atoms. The monoisotopic (exact) mass is 296 g/mol. The Morgan fingerprint density at radius 1 is 1.32 bits per heavy atom. The van der Waals surface area contributed by atoms with E-state index in [0.29, 0.717) is 17.9 Å². The first kappa shape index (κ1) is 14.0. The second-order valence-electron chi connectivity index (χ2n) is 5.03. The second-order valence-corrected chi connectivity index (χ2v) is 5.03. The Balaban J connectivity index is 1.65. The van der Waals surface area contributed by atoms with Crippen LogP contribution in [0.1, 0.15) is 21.7 Å². The standard InChI is InChI=1S/C15H16N6O/c1-20(9-14-17-10-18-19-14)15(22)13-4-2-12(3-5-13)8-21-7-6-16-11-21/h2-7,10-11H,8-9H2,1H3,(H,17,18,19). The Hall–Kier alpha value is -2.96. The van der Waals surface area contributed by atoms with Gasteiger partial charge in [-0.25, -0.2) is 9.97 Å². The maximum Gasteiger partial charge on any atom is 0.254 e. The van der Waals surface area contributed by atoms with Crippen LogP contribution in [0.4, 0.5) is 0 Å². The van der Waals surface area contributed by atoms with E-state index in [-0.39, 0.29) is 5.91 Å². The van der Waals surface area contributed by atoms with Gasteiger partial charge in [-0.3, -0.25) is 9.89 Å². The van der Waals surface area contributed by atoms with Gasteiger partial charge in [0.15, 0.2) is 0 Å². The lowest BCUT2D eigenvalue weighted by Crippen LogP contribution is -2.26. The van der Waals surface area contributed by atoms with E-state index in [2.05, 4.69) is 20.2 Å². The summed E-state index contributed by atoms with van der Waals surface area (Å²) in [6.45, 7) is 1.14. The fourth-order valence-electron chi connectivity index (χ4n) is 2.17. The van der Waals surface area contributed by atoms with E-state index in [1.54, 1.807) is 24.5 Å². The molecule has 0 fully saturated rings. The highest BCUT2D eigenvalue weighted by Crippen LogP contribution is 2.09. The molecule has 3 aromatic rings. The SMILES string of the molecule is CN(Cc1ncn[nH]1)C(=O)c1ccc(Cn2ccnc2)cc1. The van der Waals surface area contributed by atoms with E-state index in [0.717, 1.165) is 12.1 Å². The number of H-pyrrole nitrogens is 1. The first-order chi connectivity index (χ1) is 10.7. The van der Waals surface area contributed by atoms with Gasteiger partial charge in [0.25, 0.3) is 5.91 Å². The normalized spacial score (nSPS) is 10.6. The minimum Gasteiger partial charge on any atom is -0.334 e. The first-order valence-electron chi connectivity index (χ1n) is 6.87. The number of amides is 1. The third-order valence-electron chi connectivity index (χ3n) is 3.32. The molecule has 0 aliphatic rings. The zero-order valence-electron chi connectivity index (χ0n) is 12.2. The van der Waals surface area contributed by atoms with Crippen LogP contribution in [-0.2, 0) is 13.1 Å². The smallest absolute Gasteiger partial charge is 0.254 e. The Kier molecular flexibility index (Phi) is 3.95. The number of aromatic amines is 1. The van der Waals surface area contributed by atoms with Crippen molar-refractivity contribution in [3.8, 4) is 0 Å². The summed E-state index contributed by atoms with van der Waals surface area (Å²) in [5.74, 6) is 0.609. The van der Waals surface area contributed by atoms with Gasteiger partial charge in [-0.15, -0.1) is 0 Å². The quantitative estimate of drug-likeness (QED) is 0.770. The van der Waals surface area contributed by atoms with Gasteiger partial charge in [0.2, 0.25) is 0 Å². The van der Waals surface area contributed by atoms with Crippen LogP contribution >= 0.6 is 0 Å². The molecule has 1 aromatic carbocycles. The molecule has 0 unspecified atom stereocenters. The molecule has 0 aliphatic heterocycles. The van der Waals surface area contributed by atoms with Crippen molar-refractivity contribution < 1.29 is 4.79 Å². The molecule has 0 saturated carbocycles. The number of rotatable bonds is 5. The summed E-state index contributed by atoms with van der Waals surface area (Å²) in [5.41, 5.74) is 1.77. The number of benzene rings is 1. The zero-order valence-corrected chi connectivity index (χ0v) is 12.2. The van der Waals surface area contributed by atoms with Crippen LogP contribution in [-0.4, -0.2) is 42.6 Å². The summed E-state index contributed by atoms with van der Waals surface area (Å²) in [5, 5.41) is 6.52. The molecule has 2 aromatic heterocycles. The van der Waals surface area contributed by atoms with Gasteiger partial charge in [0.05, 0.1) is 12.9 Å². The van der Waals surface area contributed by atoms with Crippen LogP contribution in [0.2, 0.25) is 0 Å². The van der Waals surface area contributed by atoms with Crippen molar-refractivity contribution in [2.45, 2.75) is 13.1 Å². The first-order valence-corrected chi connectivity index (χ1v) is 6.87. The molecule has 0 bridgehead atoms. The largest absolute Gasteiger partial charge is 0.334 e. The fourth-order valence-corrected chi connectivity index (χ4v) is 2.17. The van der Waals surface area contributed by atoms with Crippen molar-refractivity contribution >= 4 is 5.91 Å². The molecule has 3 rings (SSSR count). The van der Waals surface area contributed by atoms with E-state index in [9.17, 15) is 4.79 Å². The van der Waals surface area contributed by atoms with E-state index in [1.807, 2.05) is 35.0 Å². The molecule has 1 amide bonds. The lowest BCUT2D eigenvalue weighted by molar-refractivity contribution is 0.0781. The molecule has 0 radical (unpaired) electrons. The Morgan fingerprint density at radius 2 is 2.14 bits per heavy atom. The van der Waals surface area contributed by atoms with Crippen molar-refractivity contribution in [2.75, 3.05) is 7.05 Å². The van der Waals surface area contributed by atoms with Crippen LogP contribution in [0.5, 0.6) is 0 Å². The van der Waals surface area contributed by atoms with Gasteiger partial charge >= 0.3 is 0 Å². The van der Waals surface area contributed by atoms with Crippen molar-refractivity contribution in [3.63, 3.8) is 0 Å². The van der Waals surface area contributed by atoms with Gasteiger partial charge in [-0.1, -0.05) is 12.1 Å². The van der Waals surface area contributed by atoms with Gasteiger partial charge in [-0.2, -0.15) is 5.10 Å². The number of hydrogen-bond acceptors (Lipinski definition) is 4. The minimum absolute atomic E-state index is 0.0504. The minimum atomic E-state index is -0.0504. The highest BCUT2D eigenvalue weighted by Gasteiger charge is 2.13. The van der Waals surface area contributed by atoms with Gasteiger partial charge in [-0.05, 0) is 17.7 Å². The number of hydrogen-bond donors (Lipinski definition) is 1. The van der Waals surface area contributed by atoms with Crippen molar-refractivity contribution in [1.82, 2.24) is 29.6 Å². The Morgan fingerprint density at radius 3 is 2.77 bits per heavy atom. The number of imidazole rings is 1. The number of aromatic nitrogens is 5. The summed E-state index contributed by atoms with van der Waals surface area (Å²) >= 11 is 0. The number of carbonyl (C=O) groups is 1. The van der Waals surface area contributed by atoms with Crippen LogP contribution in [0.3, 0.4) is 0 Å². The average molecular weight is 296 g/mol. The van der Waals surface area contributed by atoms with Gasteiger partial charge in [0, 0.05) is 31.5 Å². The predicted molar refractivity (Wildman–Crippen MR) is 80.0 cm³/mol. The molecule has 0 spiro atoms. The lowest BCUT2D eigenvalue weighted by Gasteiger charge is -2.15. The van der Waals surface area contributed by atoms with Crippen LogP contribution < -0.4 is 0 Å². The molecule has 7 nitrogen and oxygen atoms in total. The summed E-state index contributed by atoms with van der Waals surface area (Å²) < 4.78 is 1.98. The highest BCUT2D eigenvalue weighted by atomic mass is 16.2. The molecule has 1 N–H and O–H groups in total. The summed E-state index contributed by atoms with van der Waals surface area (Å²) in [6, 6.07) is 7.59. The summed E-state index contributed by atoms with van der Waals surface area (Å²) in [4.78, 5) is 22.0. The maximum atomic E-state index is 12.3.